The van der Waals surface area contributed by atoms with Crippen LogP contribution in [0.25, 0.3) is 0 Å². The van der Waals surface area contributed by atoms with Crippen molar-refractivity contribution >= 4 is 0 Å². The van der Waals surface area contributed by atoms with Crippen molar-refractivity contribution in [2.24, 2.45) is 5.92 Å². The summed E-state index contributed by atoms with van der Waals surface area (Å²) in [6.45, 7) is 15.7. The van der Waals surface area contributed by atoms with Gasteiger partial charge in [-0.15, -0.1) is 0 Å². The largest absolute Gasteiger partial charge is 0.0856 e. The van der Waals surface area contributed by atoms with Gasteiger partial charge in [0.05, 0.1) is 0 Å². The highest BCUT2D eigenvalue weighted by Crippen LogP contribution is 2.14. The van der Waals surface area contributed by atoms with Gasteiger partial charge in [-0.3, -0.25) is 0 Å². The molecule has 0 unspecified atom stereocenters. The zero-order valence-corrected chi connectivity index (χ0v) is 16.8. The Morgan fingerprint density at radius 1 is 0.625 bits per heavy atom. The summed E-state index contributed by atoms with van der Waals surface area (Å²) in [5, 5.41) is 0. The molecule has 0 nitrogen and oxygen atoms in total. The third-order valence-corrected chi connectivity index (χ3v) is 4.09. The monoisotopic (exact) mass is 332 g/mol. The van der Waals surface area contributed by atoms with E-state index in [1.54, 1.807) is 0 Å². The van der Waals surface area contributed by atoms with E-state index in [0.717, 1.165) is 5.92 Å². The Kier molecular flexibility index (Phi) is 16.3. The Hall–Kier alpha value is -1.04. The average molecular weight is 333 g/mol. The minimum atomic E-state index is 0. The Morgan fingerprint density at radius 2 is 1.00 bits per heavy atom. The van der Waals surface area contributed by atoms with Crippen LogP contribution < -0.4 is 0 Å². The van der Waals surface area contributed by atoms with Gasteiger partial charge in [0.1, 0.15) is 0 Å². The maximum absolute atomic E-state index is 2.43. The fourth-order valence-electron chi connectivity index (χ4n) is 2.42. The van der Waals surface area contributed by atoms with Gasteiger partial charge in [-0.05, 0) is 85.5 Å². The van der Waals surface area contributed by atoms with Gasteiger partial charge in [-0.1, -0.05) is 67.9 Å². The van der Waals surface area contributed by atoms with Gasteiger partial charge in [-0.2, -0.15) is 0 Å². The first-order valence-electron chi connectivity index (χ1n) is 9.41. The van der Waals surface area contributed by atoms with Crippen LogP contribution in [0.3, 0.4) is 0 Å². The molecule has 0 heterocycles. The van der Waals surface area contributed by atoms with Crippen molar-refractivity contribution in [3.63, 3.8) is 0 Å². The molecule has 0 N–H and O–H groups in total. The standard InChI is InChI=1S/C23H40.CH4/c1-19(2)11-8-12-21(5)13-9-14-22(6)15-10-16-23(7)18-17-20(3)4;/h11,13,15,18,20H,8-10,12,14,16-17H2,1-7H3;1H4/b21-13+,22-15+,23-18+;. The van der Waals surface area contributed by atoms with Crippen LogP contribution in [0.1, 0.15) is 101 Å². The fraction of sp³-hybridized carbons (Fsp3) is 0.667. The van der Waals surface area contributed by atoms with E-state index in [-0.39, 0.29) is 7.43 Å². The van der Waals surface area contributed by atoms with E-state index >= 15 is 0 Å². The van der Waals surface area contributed by atoms with Crippen molar-refractivity contribution in [1.29, 1.82) is 0 Å². The lowest BCUT2D eigenvalue weighted by molar-refractivity contribution is 0.659. The summed E-state index contributed by atoms with van der Waals surface area (Å²) < 4.78 is 0. The topological polar surface area (TPSA) is 0 Å². The molecule has 0 amide bonds. The quantitative estimate of drug-likeness (QED) is 0.331. The molecule has 0 atom stereocenters. The lowest BCUT2D eigenvalue weighted by Crippen LogP contribution is -1.85. The summed E-state index contributed by atoms with van der Waals surface area (Å²) in [4.78, 5) is 0. The molecule has 0 aliphatic rings. The van der Waals surface area contributed by atoms with Crippen molar-refractivity contribution in [2.75, 3.05) is 0 Å². The molecule has 0 aromatic heterocycles. The molecular weight excluding hydrogens is 288 g/mol. The summed E-state index contributed by atoms with van der Waals surface area (Å²) >= 11 is 0. The van der Waals surface area contributed by atoms with Gasteiger partial charge in [0, 0.05) is 0 Å². The van der Waals surface area contributed by atoms with Crippen LogP contribution in [0.4, 0.5) is 0 Å². The molecule has 0 aromatic rings. The highest BCUT2D eigenvalue weighted by Gasteiger charge is 1.94. The van der Waals surface area contributed by atoms with Gasteiger partial charge in [0.25, 0.3) is 0 Å². The molecule has 0 radical (unpaired) electrons. The summed E-state index contributed by atoms with van der Waals surface area (Å²) in [6, 6.07) is 0. The van der Waals surface area contributed by atoms with E-state index < -0.39 is 0 Å². The smallest absolute Gasteiger partial charge is 0.0288 e. The molecule has 0 bridgehead atoms. The van der Waals surface area contributed by atoms with Gasteiger partial charge in [-0.25, -0.2) is 0 Å². The predicted octanol–water partition coefficient (Wildman–Crippen LogP) is 8.81. The van der Waals surface area contributed by atoms with E-state index in [4.69, 9.17) is 0 Å². The van der Waals surface area contributed by atoms with Crippen LogP contribution >= 0.6 is 0 Å². The summed E-state index contributed by atoms with van der Waals surface area (Å²) in [5.74, 6) is 0.772. The summed E-state index contributed by atoms with van der Waals surface area (Å²) in [5.41, 5.74) is 6.03. The molecule has 0 saturated heterocycles. The molecule has 0 aliphatic heterocycles. The summed E-state index contributed by atoms with van der Waals surface area (Å²) in [7, 11) is 0. The second kappa shape index (κ2) is 15.5. The van der Waals surface area contributed by atoms with Crippen molar-refractivity contribution in [2.45, 2.75) is 101 Å². The third kappa shape index (κ3) is 17.3. The maximum Gasteiger partial charge on any atom is -0.0288 e. The summed E-state index contributed by atoms with van der Waals surface area (Å²) in [6.07, 6.45) is 18.0. The number of hydrogen-bond acceptors (Lipinski definition) is 0. The average Bonchev–Trinajstić information content (AvgIpc) is 2.44. The normalized spacial score (nSPS) is 13.1. The van der Waals surface area contributed by atoms with Crippen LogP contribution in [-0.2, 0) is 0 Å². The first kappa shape index (κ1) is 25.2. The van der Waals surface area contributed by atoms with Gasteiger partial charge < -0.3 is 0 Å². The minimum absolute atomic E-state index is 0. The molecule has 0 aromatic carbocycles. The third-order valence-electron chi connectivity index (χ3n) is 4.09. The van der Waals surface area contributed by atoms with Gasteiger partial charge in [0.15, 0.2) is 0 Å². The van der Waals surface area contributed by atoms with Crippen molar-refractivity contribution < 1.29 is 0 Å². The molecule has 140 valence electrons. The van der Waals surface area contributed by atoms with E-state index in [1.807, 2.05) is 0 Å². The SMILES string of the molecule is C.CC(C)=CCC/C(C)=C/CC/C(C)=C/CC/C(C)=C/CC(C)C. The minimum Gasteiger partial charge on any atom is -0.0856 e. The Bertz CT molecular complexity index is 423. The second-order valence-corrected chi connectivity index (χ2v) is 7.68. The van der Waals surface area contributed by atoms with E-state index in [1.165, 1.54) is 67.2 Å². The van der Waals surface area contributed by atoms with Crippen molar-refractivity contribution in [3.05, 3.63) is 46.6 Å². The van der Waals surface area contributed by atoms with Crippen LogP contribution in [0.5, 0.6) is 0 Å². The molecule has 24 heavy (non-hydrogen) atoms. The predicted molar refractivity (Wildman–Crippen MR) is 115 cm³/mol. The highest BCUT2D eigenvalue weighted by atomic mass is 14.0. The zero-order chi connectivity index (χ0) is 17.7. The molecule has 0 aliphatic carbocycles. The maximum atomic E-state index is 2.43. The highest BCUT2D eigenvalue weighted by molar-refractivity contribution is 5.07. The molecule has 0 saturated carbocycles. The number of hydrogen-bond donors (Lipinski definition) is 0. The zero-order valence-electron chi connectivity index (χ0n) is 16.8. The molecular formula is C24H44. The van der Waals surface area contributed by atoms with Crippen LogP contribution in [0.15, 0.2) is 46.6 Å². The molecule has 0 spiro atoms. The Labute approximate surface area is 153 Å². The Balaban J connectivity index is 0. The fourth-order valence-corrected chi connectivity index (χ4v) is 2.42. The van der Waals surface area contributed by atoms with Gasteiger partial charge >= 0.3 is 0 Å². The van der Waals surface area contributed by atoms with Crippen LogP contribution in [0, 0.1) is 5.92 Å². The van der Waals surface area contributed by atoms with E-state index in [9.17, 15) is 0 Å². The lowest BCUT2D eigenvalue weighted by atomic mass is 10.0. The first-order chi connectivity index (χ1) is 10.8. The van der Waals surface area contributed by atoms with Crippen molar-refractivity contribution in [1.82, 2.24) is 0 Å². The van der Waals surface area contributed by atoms with Gasteiger partial charge in [0.2, 0.25) is 0 Å². The number of rotatable bonds is 11. The number of allylic oxidation sites excluding steroid dienone is 8. The van der Waals surface area contributed by atoms with Crippen molar-refractivity contribution in [3.8, 4) is 0 Å². The molecule has 0 heteroatoms. The Morgan fingerprint density at radius 3 is 1.38 bits per heavy atom. The first-order valence-corrected chi connectivity index (χ1v) is 9.41. The van der Waals surface area contributed by atoms with E-state index in [0.29, 0.717) is 0 Å². The second-order valence-electron chi connectivity index (χ2n) is 7.68. The molecule has 0 fully saturated rings. The van der Waals surface area contributed by atoms with E-state index in [2.05, 4.69) is 72.8 Å². The lowest BCUT2D eigenvalue weighted by Gasteiger charge is -2.03. The van der Waals surface area contributed by atoms with Crippen LogP contribution in [0.2, 0.25) is 0 Å². The van der Waals surface area contributed by atoms with Crippen LogP contribution in [-0.4, -0.2) is 0 Å². The molecule has 0 rings (SSSR count).